The van der Waals surface area contributed by atoms with Gasteiger partial charge in [0.2, 0.25) is 0 Å². The highest BCUT2D eigenvalue weighted by Crippen LogP contribution is 2.06. The molecule has 2 nitrogen and oxygen atoms in total. The molecule has 0 spiro atoms. The first-order chi connectivity index (χ1) is 4.75. The van der Waals surface area contributed by atoms with Crippen LogP contribution in [0, 0.1) is 0 Å². The van der Waals surface area contributed by atoms with Crippen LogP contribution in [0.1, 0.15) is 20.8 Å². The van der Waals surface area contributed by atoms with Crippen LogP contribution < -0.4 is 0 Å². The molecule has 0 amide bonds. The maximum Gasteiger partial charge on any atom is 0.101 e. The van der Waals surface area contributed by atoms with Crippen molar-refractivity contribution in [1.29, 1.82) is 0 Å². The molecule has 56 valence electrons. The van der Waals surface area contributed by atoms with E-state index in [9.17, 15) is 0 Å². The molecule has 0 bridgehead atoms. The minimum Gasteiger partial charge on any atom is -0.354 e. The lowest BCUT2D eigenvalue weighted by Crippen LogP contribution is -2.37. The lowest BCUT2D eigenvalue weighted by atomic mass is 10.2. The summed E-state index contributed by atoms with van der Waals surface area (Å²) in [7, 11) is 0. The topological polar surface area (TPSA) is 15.6 Å². The number of amidine groups is 1. The number of rotatable bonds is 1. The summed E-state index contributed by atoms with van der Waals surface area (Å²) >= 11 is 0. The summed E-state index contributed by atoms with van der Waals surface area (Å²) in [6, 6.07) is 0.516. The summed E-state index contributed by atoms with van der Waals surface area (Å²) in [5, 5.41) is 0. The Kier molecular flexibility index (Phi) is 2.10. The van der Waals surface area contributed by atoms with Crippen LogP contribution in [-0.4, -0.2) is 23.3 Å². The van der Waals surface area contributed by atoms with Crippen molar-refractivity contribution in [2.24, 2.45) is 4.99 Å². The molecule has 1 heterocycles. The van der Waals surface area contributed by atoms with Gasteiger partial charge in [0.1, 0.15) is 5.84 Å². The van der Waals surface area contributed by atoms with Gasteiger partial charge in [0.05, 0.1) is 0 Å². The van der Waals surface area contributed by atoms with Crippen LogP contribution in [0.4, 0.5) is 0 Å². The van der Waals surface area contributed by atoms with Crippen molar-refractivity contribution < 1.29 is 0 Å². The van der Waals surface area contributed by atoms with Gasteiger partial charge >= 0.3 is 0 Å². The molecule has 0 fully saturated rings. The lowest BCUT2D eigenvalue weighted by Gasteiger charge is -2.29. The highest BCUT2D eigenvalue weighted by molar-refractivity contribution is 5.81. The number of likely N-dealkylation sites (N-methyl/N-ethyl adjacent to an activating group) is 1. The molecule has 1 atom stereocenters. The molecule has 1 aliphatic heterocycles. The van der Waals surface area contributed by atoms with Crippen molar-refractivity contribution in [3.63, 3.8) is 0 Å². The van der Waals surface area contributed by atoms with Crippen LogP contribution >= 0.6 is 0 Å². The van der Waals surface area contributed by atoms with Crippen LogP contribution in [0.15, 0.2) is 17.3 Å². The Morgan fingerprint density at radius 2 is 2.40 bits per heavy atom. The van der Waals surface area contributed by atoms with Gasteiger partial charge < -0.3 is 4.90 Å². The summed E-state index contributed by atoms with van der Waals surface area (Å²) in [6.45, 7) is 7.41. The van der Waals surface area contributed by atoms with E-state index >= 15 is 0 Å². The molecule has 0 aromatic rings. The molecule has 0 saturated carbocycles. The summed E-state index contributed by atoms with van der Waals surface area (Å²) in [6.07, 6.45) is 3.99. The summed E-state index contributed by atoms with van der Waals surface area (Å²) in [5.74, 6) is 1.12. The van der Waals surface area contributed by atoms with E-state index in [1.54, 1.807) is 0 Å². The van der Waals surface area contributed by atoms with Crippen molar-refractivity contribution in [3.8, 4) is 0 Å². The van der Waals surface area contributed by atoms with Crippen molar-refractivity contribution in [3.05, 3.63) is 12.3 Å². The molecule has 0 aromatic carbocycles. The molecule has 0 unspecified atom stereocenters. The summed E-state index contributed by atoms with van der Waals surface area (Å²) < 4.78 is 0. The number of aliphatic imine (C=N–C) groups is 1. The largest absolute Gasteiger partial charge is 0.354 e. The van der Waals surface area contributed by atoms with E-state index in [1.165, 1.54) is 0 Å². The van der Waals surface area contributed by atoms with Gasteiger partial charge in [-0.15, -0.1) is 0 Å². The lowest BCUT2D eigenvalue weighted by molar-refractivity contribution is 0.388. The van der Waals surface area contributed by atoms with Crippen LogP contribution in [-0.2, 0) is 0 Å². The first kappa shape index (κ1) is 7.32. The Morgan fingerprint density at radius 1 is 1.70 bits per heavy atom. The molecule has 1 aliphatic rings. The molecular formula is C8H14N2. The maximum absolute atomic E-state index is 4.19. The van der Waals surface area contributed by atoms with Crippen molar-refractivity contribution >= 4 is 5.84 Å². The first-order valence-electron chi connectivity index (χ1n) is 3.73. The predicted octanol–water partition coefficient (Wildman–Crippen LogP) is 1.64. The number of hydrogen-bond acceptors (Lipinski definition) is 2. The Labute approximate surface area is 62.3 Å². The quantitative estimate of drug-likeness (QED) is 0.538. The van der Waals surface area contributed by atoms with Gasteiger partial charge in [-0.1, -0.05) is 0 Å². The predicted molar refractivity (Wildman–Crippen MR) is 44.1 cm³/mol. The van der Waals surface area contributed by atoms with Crippen molar-refractivity contribution in [1.82, 2.24) is 4.90 Å². The van der Waals surface area contributed by atoms with Crippen LogP contribution in [0.25, 0.3) is 0 Å². The molecule has 1 rings (SSSR count). The summed E-state index contributed by atoms with van der Waals surface area (Å²) in [5.41, 5.74) is 0. The van der Waals surface area contributed by atoms with Crippen LogP contribution in [0.2, 0.25) is 0 Å². The fraction of sp³-hybridized carbons (Fsp3) is 0.625. The fourth-order valence-electron chi connectivity index (χ4n) is 1.27. The van der Waals surface area contributed by atoms with Gasteiger partial charge in [0.15, 0.2) is 0 Å². The third-order valence-electron chi connectivity index (χ3n) is 1.87. The molecule has 0 aliphatic carbocycles. The molecule has 2 heteroatoms. The Morgan fingerprint density at radius 3 is 2.80 bits per heavy atom. The third kappa shape index (κ3) is 1.20. The highest BCUT2D eigenvalue weighted by atomic mass is 15.2. The van der Waals surface area contributed by atoms with E-state index in [2.05, 4.69) is 29.8 Å². The highest BCUT2D eigenvalue weighted by Gasteiger charge is 2.11. The molecule has 0 aromatic heterocycles. The van der Waals surface area contributed by atoms with Gasteiger partial charge in [0.25, 0.3) is 0 Å². The standard InChI is InChI=1S/C8H14N2/c1-4-10-7(2)5-6-9-8(10)3/h5-7H,4H2,1-3H3/t7-/m1/s1. The Bertz CT molecular complexity index is 170. The second kappa shape index (κ2) is 2.86. The third-order valence-corrected chi connectivity index (χ3v) is 1.87. The SMILES string of the molecule is CCN1C(C)=NC=C[C@H]1C. The van der Waals surface area contributed by atoms with E-state index in [1.807, 2.05) is 13.1 Å². The average molecular weight is 138 g/mol. The Balaban J connectivity index is 2.71. The Hall–Kier alpha value is -0.790. The average Bonchev–Trinajstić information content (AvgIpc) is 1.88. The van der Waals surface area contributed by atoms with Gasteiger partial charge in [0, 0.05) is 18.8 Å². The zero-order valence-electron chi connectivity index (χ0n) is 6.83. The van der Waals surface area contributed by atoms with Gasteiger partial charge in [-0.2, -0.15) is 0 Å². The smallest absolute Gasteiger partial charge is 0.101 e. The fourth-order valence-corrected chi connectivity index (χ4v) is 1.27. The van der Waals surface area contributed by atoms with E-state index in [0.717, 1.165) is 12.4 Å². The van der Waals surface area contributed by atoms with Gasteiger partial charge in [-0.25, -0.2) is 4.99 Å². The van der Waals surface area contributed by atoms with E-state index in [0.29, 0.717) is 6.04 Å². The number of hydrogen-bond donors (Lipinski definition) is 0. The second-order valence-corrected chi connectivity index (χ2v) is 2.54. The normalized spacial score (nSPS) is 24.9. The minimum atomic E-state index is 0.516. The molecule has 0 N–H and O–H groups in total. The minimum absolute atomic E-state index is 0.516. The zero-order valence-corrected chi connectivity index (χ0v) is 6.83. The molecule has 0 saturated heterocycles. The zero-order chi connectivity index (χ0) is 7.56. The monoisotopic (exact) mass is 138 g/mol. The molecule has 10 heavy (non-hydrogen) atoms. The number of nitrogens with zero attached hydrogens (tertiary/aromatic N) is 2. The van der Waals surface area contributed by atoms with Crippen LogP contribution in [0.3, 0.4) is 0 Å². The van der Waals surface area contributed by atoms with E-state index in [-0.39, 0.29) is 0 Å². The second-order valence-electron chi connectivity index (χ2n) is 2.54. The van der Waals surface area contributed by atoms with Crippen LogP contribution in [0.5, 0.6) is 0 Å². The maximum atomic E-state index is 4.19. The van der Waals surface area contributed by atoms with Gasteiger partial charge in [-0.3, -0.25) is 0 Å². The van der Waals surface area contributed by atoms with Crippen molar-refractivity contribution in [2.75, 3.05) is 6.54 Å². The molecule has 0 radical (unpaired) electrons. The first-order valence-corrected chi connectivity index (χ1v) is 3.73. The summed E-state index contributed by atoms with van der Waals surface area (Å²) in [4.78, 5) is 6.46. The van der Waals surface area contributed by atoms with E-state index < -0.39 is 0 Å². The van der Waals surface area contributed by atoms with Crippen molar-refractivity contribution in [2.45, 2.75) is 26.8 Å². The van der Waals surface area contributed by atoms with E-state index in [4.69, 9.17) is 0 Å². The molecular weight excluding hydrogens is 124 g/mol. The van der Waals surface area contributed by atoms with Gasteiger partial charge in [-0.05, 0) is 26.8 Å².